The van der Waals surface area contributed by atoms with Crippen LogP contribution in [0.5, 0.6) is 5.88 Å². The van der Waals surface area contributed by atoms with Crippen LogP contribution in [0.2, 0.25) is 0 Å². The summed E-state index contributed by atoms with van der Waals surface area (Å²) in [7, 11) is 0. The maximum atomic E-state index is 12.1. The molecule has 7 nitrogen and oxygen atoms in total. The van der Waals surface area contributed by atoms with Crippen LogP contribution in [-0.2, 0) is 0 Å². The minimum Gasteiger partial charge on any atom is -0.493 e. The molecular formula is C19H15N3O4. The normalized spacial score (nSPS) is 11.0. The number of aromatic hydroxyl groups is 1. The molecule has 0 saturated heterocycles. The number of nitrogens with one attached hydrogen (secondary N) is 1. The Labute approximate surface area is 147 Å². The molecule has 0 fully saturated rings. The Morgan fingerprint density at radius 3 is 2.35 bits per heavy atom. The molecular weight excluding hydrogens is 334 g/mol. The highest BCUT2D eigenvalue weighted by Crippen LogP contribution is 2.17. The first-order chi connectivity index (χ1) is 12.5. The zero-order valence-electron chi connectivity index (χ0n) is 13.8. The number of aromatic nitrogens is 2. The van der Waals surface area contributed by atoms with Crippen molar-refractivity contribution < 1.29 is 9.90 Å². The molecule has 2 aromatic carbocycles. The van der Waals surface area contributed by atoms with Crippen molar-refractivity contribution in [2.24, 2.45) is 4.99 Å². The predicted octanol–water partition coefficient (Wildman–Crippen LogP) is 2.18. The van der Waals surface area contributed by atoms with Crippen molar-refractivity contribution >= 4 is 17.7 Å². The van der Waals surface area contributed by atoms with Crippen LogP contribution in [0.1, 0.15) is 22.8 Å². The molecule has 1 heterocycles. The van der Waals surface area contributed by atoms with Gasteiger partial charge in [0.05, 0.1) is 11.4 Å². The van der Waals surface area contributed by atoms with Crippen molar-refractivity contribution in [2.45, 2.75) is 6.92 Å². The molecule has 0 spiro atoms. The minimum absolute atomic E-state index is 0.0652. The Morgan fingerprint density at radius 1 is 1.08 bits per heavy atom. The lowest BCUT2D eigenvalue weighted by molar-refractivity contribution is 0.101. The second-order valence-electron chi connectivity index (χ2n) is 5.53. The number of carbonyl (C=O) groups is 1. The second-order valence-corrected chi connectivity index (χ2v) is 5.53. The average Bonchev–Trinajstić information content (AvgIpc) is 2.62. The van der Waals surface area contributed by atoms with Gasteiger partial charge in [0.15, 0.2) is 5.78 Å². The van der Waals surface area contributed by atoms with Gasteiger partial charge in [0.1, 0.15) is 5.56 Å². The Kier molecular flexibility index (Phi) is 4.62. The summed E-state index contributed by atoms with van der Waals surface area (Å²) in [6.07, 6.45) is 1.18. The molecule has 1 aromatic heterocycles. The van der Waals surface area contributed by atoms with E-state index in [-0.39, 0.29) is 11.3 Å². The molecule has 0 bridgehead atoms. The average molecular weight is 349 g/mol. The molecule has 0 aliphatic carbocycles. The molecule has 26 heavy (non-hydrogen) atoms. The van der Waals surface area contributed by atoms with Crippen molar-refractivity contribution in [1.82, 2.24) is 9.55 Å². The summed E-state index contributed by atoms with van der Waals surface area (Å²) >= 11 is 0. The summed E-state index contributed by atoms with van der Waals surface area (Å²) in [6.45, 7) is 1.46. The molecule has 2 N–H and O–H groups in total. The fraction of sp³-hybridized carbons (Fsp3) is 0.0526. The lowest BCUT2D eigenvalue weighted by Gasteiger charge is -2.09. The van der Waals surface area contributed by atoms with E-state index in [1.165, 1.54) is 13.1 Å². The number of hydrogen-bond donors (Lipinski definition) is 2. The number of ketones is 1. The predicted molar refractivity (Wildman–Crippen MR) is 98.0 cm³/mol. The Hall–Kier alpha value is -3.74. The summed E-state index contributed by atoms with van der Waals surface area (Å²) in [4.78, 5) is 41.7. The SMILES string of the molecule is CC(=O)c1ccc(N=Cc2c(O)n(-c3ccccc3)c(=O)[nH]c2=O)cc1. The number of aliphatic imine (C=N–C) groups is 1. The third-order valence-corrected chi connectivity index (χ3v) is 3.75. The van der Waals surface area contributed by atoms with E-state index < -0.39 is 17.1 Å². The summed E-state index contributed by atoms with van der Waals surface area (Å²) in [5.41, 5.74) is -0.199. The van der Waals surface area contributed by atoms with E-state index in [9.17, 15) is 19.5 Å². The molecule has 0 aliphatic heterocycles. The monoisotopic (exact) mass is 349 g/mol. The van der Waals surface area contributed by atoms with Gasteiger partial charge in [-0.25, -0.2) is 9.36 Å². The number of para-hydroxylation sites is 1. The number of benzene rings is 2. The molecule has 0 radical (unpaired) electrons. The van der Waals surface area contributed by atoms with Gasteiger partial charge in [0.2, 0.25) is 5.88 Å². The summed E-state index contributed by atoms with van der Waals surface area (Å²) < 4.78 is 0.988. The zero-order chi connectivity index (χ0) is 18.7. The fourth-order valence-corrected chi connectivity index (χ4v) is 2.39. The van der Waals surface area contributed by atoms with Gasteiger partial charge in [-0.3, -0.25) is 19.6 Å². The summed E-state index contributed by atoms with van der Waals surface area (Å²) in [6, 6.07) is 14.9. The van der Waals surface area contributed by atoms with Gasteiger partial charge in [0.25, 0.3) is 5.56 Å². The number of carbonyl (C=O) groups excluding carboxylic acids is 1. The van der Waals surface area contributed by atoms with E-state index in [0.29, 0.717) is 16.9 Å². The van der Waals surface area contributed by atoms with Crippen molar-refractivity contribution in [2.75, 3.05) is 0 Å². The highest BCUT2D eigenvalue weighted by molar-refractivity contribution is 5.94. The number of nitrogens with zero attached hydrogens (tertiary/aromatic N) is 2. The van der Waals surface area contributed by atoms with Crippen molar-refractivity contribution in [1.29, 1.82) is 0 Å². The topological polar surface area (TPSA) is 105 Å². The van der Waals surface area contributed by atoms with Crippen LogP contribution in [0, 0.1) is 0 Å². The lowest BCUT2D eigenvalue weighted by Crippen LogP contribution is -2.31. The summed E-state index contributed by atoms with van der Waals surface area (Å²) in [5.74, 6) is -0.571. The van der Waals surface area contributed by atoms with E-state index >= 15 is 0 Å². The van der Waals surface area contributed by atoms with Gasteiger partial charge >= 0.3 is 5.69 Å². The first kappa shape index (κ1) is 17.1. The van der Waals surface area contributed by atoms with E-state index in [1.54, 1.807) is 54.6 Å². The molecule has 7 heteroatoms. The third kappa shape index (κ3) is 3.36. The van der Waals surface area contributed by atoms with Crippen molar-refractivity contribution in [3.05, 3.63) is 86.6 Å². The fourth-order valence-electron chi connectivity index (χ4n) is 2.39. The van der Waals surface area contributed by atoms with Gasteiger partial charge in [-0.2, -0.15) is 0 Å². The number of hydrogen-bond acceptors (Lipinski definition) is 5. The van der Waals surface area contributed by atoms with E-state index in [0.717, 1.165) is 4.57 Å². The quantitative estimate of drug-likeness (QED) is 0.556. The Bertz CT molecular complexity index is 1090. The molecule has 0 unspecified atom stereocenters. The first-order valence-corrected chi connectivity index (χ1v) is 7.76. The standard InChI is InChI=1S/C19H15N3O4/c1-12(23)13-7-9-14(10-8-13)20-11-16-17(24)21-19(26)22(18(16)25)15-5-3-2-4-6-15/h2-11,25H,1H3,(H,21,24,26). The maximum absolute atomic E-state index is 12.1. The van der Waals surface area contributed by atoms with Gasteiger partial charge in [0, 0.05) is 11.8 Å². The van der Waals surface area contributed by atoms with Crippen LogP contribution in [0.4, 0.5) is 5.69 Å². The molecule has 0 saturated carbocycles. The number of rotatable bonds is 4. The van der Waals surface area contributed by atoms with Crippen molar-refractivity contribution in [3.8, 4) is 11.6 Å². The van der Waals surface area contributed by atoms with Gasteiger partial charge in [-0.05, 0) is 43.3 Å². The highest BCUT2D eigenvalue weighted by Gasteiger charge is 2.13. The van der Waals surface area contributed by atoms with Gasteiger partial charge in [-0.1, -0.05) is 18.2 Å². The van der Waals surface area contributed by atoms with Gasteiger partial charge in [-0.15, -0.1) is 0 Å². The van der Waals surface area contributed by atoms with E-state index in [2.05, 4.69) is 9.98 Å². The van der Waals surface area contributed by atoms with Crippen LogP contribution in [0.25, 0.3) is 5.69 Å². The highest BCUT2D eigenvalue weighted by atomic mass is 16.3. The molecule has 0 atom stereocenters. The van der Waals surface area contributed by atoms with E-state index in [1.807, 2.05) is 0 Å². The lowest BCUT2D eigenvalue weighted by atomic mass is 10.1. The largest absolute Gasteiger partial charge is 0.493 e. The van der Waals surface area contributed by atoms with Crippen molar-refractivity contribution in [3.63, 3.8) is 0 Å². The zero-order valence-corrected chi connectivity index (χ0v) is 13.8. The first-order valence-electron chi connectivity index (χ1n) is 7.76. The Balaban J connectivity index is 2.04. The van der Waals surface area contributed by atoms with E-state index in [4.69, 9.17) is 0 Å². The molecule has 3 rings (SSSR count). The Morgan fingerprint density at radius 2 is 1.73 bits per heavy atom. The molecule has 0 amide bonds. The van der Waals surface area contributed by atoms with Crippen LogP contribution in [0.15, 0.2) is 69.2 Å². The van der Waals surface area contributed by atoms with Crippen LogP contribution >= 0.6 is 0 Å². The summed E-state index contributed by atoms with van der Waals surface area (Å²) in [5, 5.41) is 10.4. The van der Waals surface area contributed by atoms with Gasteiger partial charge < -0.3 is 5.11 Å². The number of aromatic amines is 1. The smallest absolute Gasteiger partial charge is 0.335 e. The minimum atomic E-state index is -0.748. The molecule has 0 aliphatic rings. The molecule has 3 aromatic rings. The second kappa shape index (κ2) is 7.02. The maximum Gasteiger partial charge on any atom is 0.335 e. The third-order valence-electron chi connectivity index (χ3n) is 3.75. The van der Waals surface area contributed by atoms with Crippen LogP contribution in [-0.4, -0.2) is 26.7 Å². The van der Waals surface area contributed by atoms with Crippen LogP contribution < -0.4 is 11.2 Å². The molecule has 130 valence electrons. The van der Waals surface area contributed by atoms with Crippen LogP contribution in [0.3, 0.4) is 0 Å². The number of Topliss-reactive ketones (excluding diaryl/α,β-unsaturated/α-hetero) is 1. The number of H-pyrrole nitrogens is 1.